The highest BCUT2D eigenvalue weighted by molar-refractivity contribution is 6.21. The van der Waals surface area contributed by atoms with Crippen molar-refractivity contribution < 1.29 is 9.18 Å². The highest BCUT2D eigenvalue weighted by Crippen LogP contribution is 2.17. The smallest absolute Gasteiger partial charge is 0.255 e. The van der Waals surface area contributed by atoms with Gasteiger partial charge in [-0.1, -0.05) is 0 Å². The van der Waals surface area contributed by atoms with Crippen LogP contribution in [0.1, 0.15) is 23.2 Å². The summed E-state index contributed by atoms with van der Waals surface area (Å²) < 4.78 is 12.9. The molecule has 0 radical (unpaired) electrons. The van der Waals surface area contributed by atoms with Crippen molar-refractivity contribution in [2.75, 3.05) is 13.1 Å². The van der Waals surface area contributed by atoms with Crippen molar-refractivity contribution in [3.63, 3.8) is 0 Å². The molecule has 1 amide bonds. The van der Waals surface area contributed by atoms with Gasteiger partial charge in [-0.3, -0.25) is 9.78 Å². The number of pyridine rings is 1. The van der Waals surface area contributed by atoms with Crippen molar-refractivity contribution in [1.82, 2.24) is 9.88 Å². The summed E-state index contributed by atoms with van der Waals surface area (Å²) in [4.78, 5) is 17.3. The van der Waals surface area contributed by atoms with Crippen molar-refractivity contribution in [2.24, 2.45) is 0 Å². The van der Waals surface area contributed by atoms with Crippen molar-refractivity contribution in [1.29, 1.82) is 0 Å². The number of rotatable bonds is 1. The van der Waals surface area contributed by atoms with Crippen LogP contribution in [0, 0.1) is 5.82 Å². The minimum absolute atomic E-state index is 0.000724. The molecule has 1 aliphatic heterocycles. The number of hydrogen-bond donors (Lipinski definition) is 0. The molecule has 3 nitrogen and oxygen atoms in total. The molecule has 5 heteroatoms. The molecule has 1 saturated heterocycles. The minimum Gasteiger partial charge on any atom is -0.337 e. The number of carbonyl (C=O) groups excluding carboxylic acids is 1. The Kier molecular flexibility index (Phi) is 3.39. The van der Waals surface area contributed by atoms with Crippen LogP contribution in [0.3, 0.4) is 0 Å². The fourth-order valence-electron chi connectivity index (χ4n) is 1.82. The zero-order valence-electron chi connectivity index (χ0n) is 8.70. The maximum atomic E-state index is 12.9. The third-order valence-electron chi connectivity index (χ3n) is 2.60. The van der Waals surface area contributed by atoms with Gasteiger partial charge < -0.3 is 4.90 Å². The fourth-order valence-corrected chi connectivity index (χ4v) is 2.14. The predicted octanol–water partition coefficient (Wildman–Crippen LogP) is 2.06. The van der Waals surface area contributed by atoms with Crippen LogP contribution in [0.15, 0.2) is 18.5 Å². The second kappa shape index (κ2) is 4.78. The fraction of sp³-hybridized carbons (Fsp3) is 0.455. The molecule has 0 aliphatic carbocycles. The van der Waals surface area contributed by atoms with E-state index in [9.17, 15) is 9.18 Å². The Morgan fingerprint density at radius 1 is 1.56 bits per heavy atom. The summed E-state index contributed by atoms with van der Waals surface area (Å²) in [5.41, 5.74) is 0.283. The van der Waals surface area contributed by atoms with E-state index in [2.05, 4.69) is 4.98 Å². The number of amides is 1. The zero-order chi connectivity index (χ0) is 11.5. The van der Waals surface area contributed by atoms with Gasteiger partial charge >= 0.3 is 0 Å². The minimum atomic E-state index is -0.495. The normalized spacial score (nSPS) is 20.9. The van der Waals surface area contributed by atoms with Gasteiger partial charge in [-0.05, 0) is 18.9 Å². The van der Waals surface area contributed by atoms with Crippen molar-refractivity contribution in [3.8, 4) is 0 Å². The third kappa shape index (κ3) is 2.50. The van der Waals surface area contributed by atoms with Crippen LogP contribution in [0.25, 0.3) is 0 Å². The summed E-state index contributed by atoms with van der Waals surface area (Å²) in [5.74, 6) is -0.692. The summed E-state index contributed by atoms with van der Waals surface area (Å²) in [6.07, 6.45) is 4.27. The molecular weight excluding hydrogens is 231 g/mol. The lowest BCUT2D eigenvalue weighted by Gasteiger charge is -2.29. The first kappa shape index (κ1) is 11.3. The van der Waals surface area contributed by atoms with Crippen molar-refractivity contribution >= 4 is 17.5 Å². The summed E-state index contributed by atoms with van der Waals surface area (Å²) in [6, 6.07) is 1.20. The van der Waals surface area contributed by atoms with E-state index in [4.69, 9.17) is 11.6 Å². The quantitative estimate of drug-likeness (QED) is 0.707. The average molecular weight is 243 g/mol. The van der Waals surface area contributed by atoms with Crippen LogP contribution >= 0.6 is 11.6 Å². The standard InChI is InChI=1S/C11H12ClFN2O/c12-9-2-1-3-15(7-9)11(16)8-4-10(13)6-14-5-8/h4-6,9H,1-3,7H2. The second-order valence-electron chi connectivity index (χ2n) is 3.88. The number of alkyl halides is 1. The number of piperidine rings is 1. The number of halogens is 2. The largest absolute Gasteiger partial charge is 0.337 e. The van der Waals surface area contributed by atoms with Crippen LogP contribution in [0.5, 0.6) is 0 Å². The van der Waals surface area contributed by atoms with Crippen LogP contribution in [0.2, 0.25) is 0 Å². The van der Waals surface area contributed by atoms with Gasteiger partial charge in [0.1, 0.15) is 5.82 Å². The lowest BCUT2D eigenvalue weighted by Crippen LogP contribution is -2.40. The molecule has 86 valence electrons. The van der Waals surface area contributed by atoms with E-state index < -0.39 is 5.82 Å². The molecule has 0 spiro atoms. The number of nitrogens with zero attached hydrogens (tertiary/aromatic N) is 2. The van der Waals surface area contributed by atoms with Gasteiger partial charge in [0.05, 0.1) is 17.1 Å². The van der Waals surface area contributed by atoms with Crippen LogP contribution in [-0.2, 0) is 0 Å². The monoisotopic (exact) mass is 242 g/mol. The summed E-state index contributed by atoms with van der Waals surface area (Å²) in [6.45, 7) is 1.20. The molecule has 0 N–H and O–H groups in total. The Morgan fingerprint density at radius 3 is 3.06 bits per heavy atom. The zero-order valence-corrected chi connectivity index (χ0v) is 9.45. The highest BCUT2D eigenvalue weighted by atomic mass is 35.5. The van der Waals surface area contributed by atoms with E-state index in [0.29, 0.717) is 13.1 Å². The molecule has 0 aromatic carbocycles. The first-order valence-electron chi connectivity index (χ1n) is 5.20. The van der Waals surface area contributed by atoms with Gasteiger partial charge in [0.25, 0.3) is 5.91 Å². The lowest BCUT2D eigenvalue weighted by atomic mass is 10.1. The number of likely N-dealkylation sites (tertiary alicyclic amines) is 1. The molecule has 0 bridgehead atoms. The van der Waals surface area contributed by atoms with Crippen LogP contribution in [0.4, 0.5) is 4.39 Å². The molecule has 2 rings (SSSR count). The van der Waals surface area contributed by atoms with Crippen molar-refractivity contribution in [2.45, 2.75) is 18.2 Å². The molecular formula is C11H12ClFN2O. The van der Waals surface area contributed by atoms with E-state index >= 15 is 0 Å². The first-order valence-corrected chi connectivity index (χ1v) is 5.64. The SMILES string of the molecule is O=C(c1cncc(F)c1)N1CCCC(Cl)C1. The lowest BCUT2D eigenvalue weighted by molar-refractivity contribution is 0.0726. The molecule has 1 aromatic rings. The van der Waals surface area contributed by atoms with Gasteiger partial charge in [-0.25, -0.2) is 4.39 Å². The van der Waals surface area contributed by atoms with E-state index in [1.165, 1.54) is 12.3 Å². The van der Waals surface area contributed by atoms with E-state index in [0.717, 1.165) is 19.0 Å². The van der Waals surface area contributed by atoms with Crippen LogP contribution in [-0.4, -0.2) is 34.3 Å². The molecule has 1 aromatic heterocycles. The average Bonchev–Trinajstić information content (AvgIpc) is 2.28. The Hall–Kier alpha value is -1.16. The van der Waals surface area contributed by atoms with E-state index in [1.54, 1.807) is 4.90 Å². The Morgan fingerprint density at radius 2 is 2.38 bits per heavy atom. The molecule has 1 atom stereocenters. The molecule has 1 unspecified atom stereocenters. The number of hydrogen-bond acceptors (Lipinski definition) is 2. The Bertz CT molecular complexity index is 399. The Balaban J connectivity index is 2.12. The summed E-state index contributed by atoms with van der Waals surface area (Å²) >= 11 is 5.99. The van der Waals surface area contributed by atoms with Gasteiger partial charge in [0.15, 0.2) is 0 Å². The van der Waals surface area contributed by atoms with Gasteiger partial charge in [0, 0.05) is 19.3 Å². The highest BCUT2D eigenvalue weighted by Gasteiger charge is 2.23. The Labute approximate surface area is 98.2 Å². The van der Waals surface area contributed by atoms with Gasteiger partial charge in [-0.15, -0.1) is 11.6 Å². The van der Waals surface area contributed by atoms with Gasteiger partial charge in [-0.2, -0.15) is 0 Å². The molecule has 2 heterocycles. The van der Waals surface area contributed by atoms with Crippen molar-refractivity contribution in [3.05, 3.63) is 29.8 Å². The second-order valence-corrected chi connectivity index (χ2v) is 4.50. The number of carbonyl (C=O) groups is 1. The van der Waals surface area contributed by atoms with E-state index in [-0.39, 0.29) is 16.8 Å². The number of aromatic nitrogens is 1. The van der Waals surface area contributed by atoms with Gasteiger partial charge in [0.2, 0.25) is 0 Å². The van der Waals surface area contributed by atoms with E-state index in [1.807, 2.05) is 0 Å². The maximum Gasteiger partial charge on any atom is 0.255 e. The molecule has 0 saturated carbocycles. The summed E-state index contributed by atoms with van der Waals surface area (Å²) in [5, 5.41) is -0.000724. The predicted molar refractivity (Wildman–Crippen MR) is 59.0 cm³/mol. The summed E-state index contributed by atoms with van der Waals surface area (Å²) in [7, 11) is 0. The topological polar surface area (TPSA) is 33.2 Å². The van der Waals surface area contributed by atoms with Crippen LogP contribution < -0.4 is 0 Å². The maximum absolute atomic E-state index is 12.9. The first-order chi connectivity index (χ1) is 7.66. The molecule has 16 heavy (non-hydrogen) atoms. The third-order valence-corrected chi connectivity index (χ3v) is 2.96. The molecule has 1 fully saturated rings. The molecule has 1 aliphatic rings.